The molecule has 2 nitrogen and oxygen atoms in total. The van der Waals surface area contributed by atoms with Crippen LogP contribution in [-0.4, -0.2) is 16.8 Å². The lowest BCUT2D eigenvalue weighted by atomic mass is 9.79. The van der Waals surface area contributed by atoms with Crippen molar-refractivity contribution < 1.29 is 9.90 Å². The van der Waals surface area contributed by atoms with E-state index < -0.39 is 5.97 Å². The van der Waals surface area contributed by atoms with Crippen molar-refractivity contribution in [3.8, 4) is 0 Å². The third-order valence-electron chi connectivity index (χ3n) is 5.60. The fraction of sp³-hybridized carbons (Fsp3) is 0.476. The molecule has 0 aromatic heterocycles. The predicted octanol–water partition coefficient (Wildman–Crippen LogP) is 5.32. The van der Waals surface area contributed by atoms with Crippen molar-refractivity contribution in [3.63, 3.8) is 0 Å². The van der Waals surface area contributed by atoms with Gasteiger partial charge in [0.15, 0.2) is 0 Å². The van der Waals surface area contributed by atoms with Crippen LogP contribution in [0.15, 0.2) is 46.9 Å². The molecule has 1 heterocycles. The van der Waals surface area contributed by atoms with Crippen molar-refractivity contribution in [2.45, 2.75) is 56.3 Å². The van der Waals surface area contributed by atoms with Crippen molar-refractivity contribution in [2.75, 3.05) is 5.75 Å². The van der Waals surface area contributed by atoms with Crippen LogP contribution in [0, 0.1) is 5.92 Å². The van der Waals surface area contributed by atoms with Crippen LogP contribution in [0.1, 0.15) is 51.7 Å². The Morgan fingerprint density at radius 2 is 2.08 bits per heavy atom. The number of carboxylic acid groups (broad SMARTS) is 1. The van der Waals surface area contributed by atoms with Gasteiger partial charge in [0.05, 0.1) is 0 Å². The summed E-state index contributed by atoms with van der Waals surface area (Å²) in [5.41, 5.74) is 4.15. The normalized spacial score (nSPS) is 28.7. The van der Waals surface area contributed by atoms with Crippen LogP contribution in [0.2, 0.25) is 0 Å². The topological polar surface area (TPSA) is 37.3 Å². The molecular formula is C21H26O2S. The Hall–Kier alpha value is -1.48. The van der Waals surface area contributed by atoms with Gasteiger partial charge in [0.25, 0.3) is 0 Å². The van der Waals surface area contributed by atoms with Gasteiger partial charge in [-0.15, -0.1) is 11.8 Å². The SMILES string of the molecule is CC(=C/C(=O)O)/C=C/C1CC1(C)c1ccc2c(c1)C(C)(C)CCS2. The molecule has 2 unspecified atom stereocenters. The zero-order valence-corrected chi connectivity index (χ0v) is 15.7. The van der Waals surface area contributed by atoms with E-state index in [-0.39, 0.29) is 10.8 Å². The number of carboxylic acids is 1. The molecule has 2 aliphatic rings. The van der Waals surface area contributed by atoms with Gasteiger partial charge in [-0.25, -0.2) is 4.79 Å². The molecule has 0 saturated heterocycles. The van der Waals surface area contributed by atoms with Crippen molar-refractivity contribution >= 4 is 17.7 Å². The van der Waals surface area contributed by atoms with Gasteiger partial charge in [0.2, 0.25) is 0 Å². The van der Waals surface area contributed by atoms with Crippen LogP contribution in [0.5, 0.6) is 0 Å². The Balaban J connectivity index is 1.81. The van der Waals surface area contributed by atoms with Gasteiger partial charge in [0.1, 0.15) is 0 Å². The highest BCUT2D eigenvalue weighted by molar-refractivity contribution is 7.99. The molecule has 3 heteroatoms. The number of fused-ring (bicyclic) bond motifs is 1. The third-order valence-corrected chi connectivity index (χ3v) is 6.67. The number of hydrogen-bond donors (Lipinski definition) is 1. The molecule has 3 rings (SSSR count). The Morgan fingerprint density at radius 3 is 2.79 bits per heavy atom. The molecule has 1 saturated carbocycles. The fourth-order valence-corrected chi connectivity index (χ4v) is 5.10. The second-order valence-electron chi connectivity index (χ2n) is 8.01. The quantitative estimate of drug-likeness (QED) is 0.594. The first-order valence-corrected chi connectivity index (χ1v) is 9.58. The molecule has 2 atom stereocenters. The number of rotatable bonds is 4. The number of carbonyl (C=O) groups is 1. The molecular weight excluding hydrogens is 316 g/mol. The van der Waals surface area contributed by atoms with E-state index in [1.807, 2.05) is 24.8 Å². The smallest absolute Gasteiger partial charge is 0.328 e. The highest BCUT2D eigenvalue weighted by Crippen LogP contribution is 2.56. The highest BCUT2D eigenvalue weighted by atomic mass is 32.2. The van der Waals surface area contributed by atoms with Gasteiger partial charge in [0, 0.05) is 11.0 Å². The van der Waals surface area contributed by atoms with Crippen LogP contribution in [0.25, 0.3) is 0 Å². The van der Waals surface area contributed by atoms with Gasteiger partial charge < -0.3 is 5.11 Å². The number of allylic oxidation sites excluding steroid dienone is 3. The second-order valence-corrected chi connectivity index (χ2v) is 9.14. The molecule has 0 bridgehead atoms. The largest absolute Gasteiger partial charge is 0.478 e. The van der Waals surface area contributed by atoms with Gasteiger partial charge in [-0.1, -0.05) is 45.1 Å². The van der Waals surface area contributed by atoms with E-state index in [0.717, 1.165) is 12.0 Å². The summed E-state index contributed by atoms with van der Waals surface area (Å²) >= 11 is 1.97. The Bertz CT molecular complexity index is 729. The van der Waals surface area contributed by atoms with E-state index in [4.69, 9.17) is 5.11 Å². The predicted molar refractivity (Wildman–Crippen MR) is 101 cm³/mol. The lowest BCUT2D eigenvalue weighted by Gasteiger charge is -2.33. The first-order valence-electron chi connectivity index (χ1n) is 8.60. The van der Waals surface area contributed by atoms with E-state index in [2.05, 4.69) is 45.0 Å². The summed E-state index contributed by atoms with van der Waals surface area (Å²) in [6.07, 6.45) is 7.74. The minimum atomic E-state index is -0.884. The van der Waals surface area contributed by atoms with E-state index in [0.29, 0.717) is 5.92 Å². The maximum atomic E-state index is 10.7. The molecule has 1 aromatic carbocycles. The van der Waals surface area contributed by atoms with Crippen molar-refractivity contribution in [2.24, 2.45) is 5.92 Å². The van der Waals surface area contributed by atoms with Crippen LogP contribution in [0.4, 0.5) is 0 Å². The van der Waals surface area contributed by atoms with Crippen LogP contribution in [-0.2, 0) is 15.6 Å². The average Bonchev–Trinajstić information content (AvgIpc) is 3.16. The van der Waals surface area contributed by atoms with Crippen molar-refractivity contribution in [1.29, 1.82) is 0 Å². The molecule has 1 N–H and O–H groups in total. The van der Waals surface area contributed by atoms with E-state index in [1.54, 1.807) is 0 Å². The van der Waals surface area contributed by atoms with Gasteiger partial charge in [-0.3, -0.25) is 0 Å². The van der Waals surface area contributed by atoms with Gasteiger partial charge in [-0.05, 0) is 65.0 Å². The van der Waals surface area contributed by atoms with Crippen molar-refractivity contribution in [1.82, 2.24) is 0 Å². The first-order chi connectivity index (χ1) is 11.2. The molecule has 0 radical (unpaired) electrons. The lowest BCUT2D eigenvalue weighted by molar-refractivity contribution is -0.131. The maximum Gasteiger partial charge on any atom is 0.328 e. The van der Waals surface area contributed by atoms with Gasteiger partial charge >= 0.3 is 5.97 Å². The number of thioether (sulfide) groups is 1. The summed E-state index contributed by atoms with van der Waals surface area (Å²) in [6, 6.07) is 7.02. The number of aliphatic carboxylic acids is 1. The van der Waals surface area contributed by atoms with Crippen LogP contribution < -0.4 is 0 Å². The Kier molecular flexibility index (Phi) is 4.41. The molecule has 128 valence electrons. The van der Waals surface area contributed by atoms with Crippen LogP contribution >= 0.6 is 11.8 Å². The second kappa shape index (κ2) is 6.11. The zero-order valence-electron chi connectivity index (χ0n) is 14.9. The Morgan fingerprint density at radius 1 is 1.33 bits per heavy atom. The third kappa shape index (κ3) is 3.32. The standard InChI is InChI=1S/C21H26O2S/c1-14(11-19(22)23)5-6-16-13-21(16,4)15-7-8-18-17(12-15)20(2,3)9-10-24-18/h5-8,11-12,16H,9-10,13H2,1-4H3,(H,22,23)/b6-5+,14-11-. The Labute approximate surface area is 149 Å². The molecule has 0 spiro atoms. The summed E-state index contributed by atoms with van der Waals surface area (Å²) in [7, 11) is 0. The van der Waals surface area contributed by atoms with Gasteiger partial charge in [-0.2, -0.15) is 0 Å². The zero-order chi connectivity index (χ0) is 17.5. The first kappa shape index (κ1) is 17.3. The highest BCUT2D eigenvalue weighted by Gasteiger charge is 2.49. The summed E-state index contributed by atoms with van der Waals surface area (Å²) in [5, 5.41) is 8.79. The number of benzene rings is 1. The lowest BCUT2D eigenvalue weighted by Crippen LogP contribution is -2.23. The molecule has 1 fully saturated rings. The minimum absolute atomic E-state index is 0.188. The van der Waals surface area contributed by atoms with E-state index >= 15 is 0 Å². The fourth-order valence-electron chi connectivity index (χ4n) is 3.61. The molecule has 1 aliphatic heterocycles. The molecule has 0 amide bonds. The van der Waals surface area contributed by atoms with Crippen LogP contribution in [0.3, 0.4) is 0 Å². The summed E-state index contributed by atoms with van der Waals surface area (Å²) < 4.78 is 0. The summed E-state index contributed by atoms with van der Waals surface area (Å²) in [5.74, 6) is 0.814. The maximum absolute atomic E-state index is 10.7. The van der Waals surface area contributed by atoms with E-state index in [9.17, 15) is 4.79 Å². The summed E-state index contributed by atoms with van der Waals surface area (Å²) in [4.78, 5) is 12.1. The minimum Gasteiger partial charge on any atom is -0.478 e. The monoisotopic (exact) mass is 342 g/mol. The number of hydrogen-bond acceptors (Lipinski definition) is 2. The van der Waals surface area contributed by atoms with Crippen molar-refractivity contribution in [3.05, 3.63) is 53.1 Å². The van der Waals surface area contributed by atoms with E-state index in [1.165, 1.54) is 34.3 Å². The molecule has 24 heavy (non-hydrogen) atoms. The molecule has 1 aliphatic carbocycles. The average molecular weight is 343 g/mol. The summed E-state index contributed by atoms with van der Waals surface area (Å²) in [6.45, 7) is 8.86. The molecule has 1 aromatic rings.